The maximum Gasteiger partial charge on any atom is 0.251 e. The Morgan fingerprint density at radius 3 is 2.85 bits per heavy atom. The van der Waals surface area contributed by atoms with E-state index in [-0.39, 0.29) is 18.6 Å². The molecule has 0 aliphatic carbocycles. The van der Waals surface area contributed by atoms with Gasteiger partial charge < -0.3 is 15.2 Å². The lowest BCUT2D eigenvalue weighted by Gasteiger charge is -2.13. The Bertz CT molecular complexity index is 514. The lowest BCUT2D eigenvalue weighted by atomic mass is 10.1. The molecule has 1 amide bonds. The minimum atomic E-state index is -0.229. The van der Waals surface area contributed by atoms with E-state index in [1.807, 2.05) is 6.92 Å². The van der Waals surface area contributed by atoms with Crippen molar-refractivity contribution >= 4 is 5.91 Å². The van der Waals surface area contributed by atoms with Crippen LogP contribution in [0, 0.1) is 11.8 Å². The first kappa shape index (κ1) is 16.1. The fourth-order valence-electron chi connectivity index (χ4n) is 1.89. The van der Waals surface area contributed by atoms with Crippen LogP contribution in [-0.4, -0.2) is 30.8 Å². The van der Waals surface area contributed by atoms with Crippen LogP contribution < -0.4 is 10.1 Å². The van der Waals surface area contributed by atoms with Crippen molar-refractivity contribution in [1.82, 2.24) is 5.32 Å². The van der Waals surface area contributed by atoms with Gasteiger partial charge in [-0.3, -0.25) is 4.79 Å². The molecule has 0 bridgehead atoms. The largest absolute Gasteiger partial charge is 0.495 e. The van der Waals surface area contributed by atoms with Crippen molar-refractivity contribution in [2.75, 3.05) is 13.7 Å². The molecule has 1 atom stereocenters. The fraction of sp³-hybridized carbons (Fsp3) is 0.438. The minimum absolute atomic E-state index is 0.124. The van der Waals surface area contributed by atoms with Crippen molar-refractivity contribution in [2.45, 2.75) is 32.7 Å². The number of nitrogens with one attached hydrogen (secondary N) is 1. The zero-order chi connectivity index (χ0) is 15.0. The number of hydrogen-bond donors (Lipinski definition) is 2. The molecule has 1 unspecified atom stereocenters. The van der Waals surface area contributed by atoms with Crippen molar-refractivity contribution in [1.29, 1.82) is 0 Å². The molecule has 0 spiro atoms. The Balaban J connectivity index is 2.93. The zero-order valence-electron chi connectivity index (χ0n) is 12.2. The number of benzene rings is 1. The van der Waals surface area contributed by atoms with E-state index in [1.54, 1.807) is 25.3 Å². The molecule has 0 aliphatic heterocycles. The molecule has 0 fully saturated rings. The first-order valence-corrected chi connectivity index (χ1v) is 6.71. The Labute approximate surface area is 120 Å². The van der Waals surface area contributed by atoms with Gasteiger partial charge in [-0.2, -0.15) is 0 Å². The summed E-state index contributed by atoms with van der Waals surface area (Å²) < 4.78 is 5.18. The lowest BCUT2D eigenvalue weighted by Crippen LogP contribution is -2.32. The van der Waals surface area contributed by atoms with Gasteiger partial charge in [0.25, 0.3) is 5.91 Å². The van der Waals surface area contributed by atoms with Crippen LogP contribution in [0.4, 0.5) is 0 Å². The second kappa shape index (κ2) is 8.23. The summed E-state index contributed by atoms with van der Waals surface area (Å²) in [6.45, 7) is 3.84. The summed E-state index contributed by atoms with van der Waals surface area (Å²) in [5.74, 6) is 5.81. The van der Waals surface area contributed by atoms with E-state index in [2.05, 4.69) is 24.1 Å². The van der Waals surface area contributed by atoms with Crippen LogP contribution in [0.2, 0.25) is 0 Å². The van der Waals surface area contributed by atoms with Crippen LogP contribution in [0.15, 0.2) is 18.2 Å². The van der Waals surface area contributed by atoms with Gasteiger partial charge in [-0.25, -0.2) is 0 Å². The van der Waals surface area contributed by atoms with Gasteiger partial charge in [0.2, 0.25) is 0 Å². The first-order valence-electron chi connectivity index (χ1n) is 6.71. The Morgan fingerprint density at radius 1 is 1.50 bits per heavy atom. The van der Waals surface area contributed by atoms with Gasteiger partial charge in [-0.1, -0.05) is 25.2 Å². The summed E-state index contributed by atoms with van der Waals surface area (Å²) in [6, 6.07) is 5.23. The van der Waals surface area contributed by atoms with Crippen molar-refractivity contribution in [3.8, 4) is 17.6 Å². The van der Waals surface area contributed by atoms with Crippen LogP contribution in [0.5, 0.6) is 5.75 Å². The predicted molar refractivity (Wildman–Crippen MR) is 78.8 cm³/mol. The van der Waals surface area contributed by atoms with Gasteiger partial charge in [0.15, 0.2) is 0 Å². The molecule has 1 aromatic carbocycles. The molecule has 0 aromatic heterocycles. The van der Waals surface area contributed by atoms with E-state index >= 15 is 0 Å². The van der Waals surface area contributed by atoms with Gasteiger partial charge in [-0.15, -0.1) is 0 Å². The van der Waals surface area contributed by atoms with Gasteiger partial charge in [0.05, 0.1) is 12.7 Å². The Hall–Kier alpha value is -1.99. The molecule has 0 heterocycles. The molecule has 0 aliphatic rings. The average molecular weight is 275 g/mol. The quantitative estimate of drug-likeness (QED) is 0.808. The molecule has 4 nitrogen and oxygen atoms in total. The molecule has 20 heavy (non-hydrogen) atoms. The van der Waals surface area contributed by atoms with Crippen molar-refractivity contribution in [2.24, 2.45) is 0 Å². The van der Waals surface area contributed by atoms with Gasteiger partial charge >= 0.3 is 0 Å². The number of amides is 1. The van der Waals surface area contributed by atoms with E-state index in [0.29, 0.717) is 16.9 Å². The normalized spacial score (nSPS) is 11.2. The molecule has 0 saturated carbocycles. The molecule has 1 rings (SSSR count). The van der Waals surface area contributed by atoms with Gasteiger partial charge in [0.1, 0.15) is 12.4 Å². The first-order chi connectivity index (χ1) is 9.62. The fourth-order valence-corrected chi connectivity index (χ4v) is 1.89. The van der Waals surface area contributed by atoms with Crippen molar-refractivity contribution in [3.05, 3.63) is 29.3 Å². The summed E-state index contributed by atoms with van der Waals surface area (Å²) in [7, 11) is 1.54. The molecule has 0 saturated heterocycles. The van der Waals surface area contributed by atoms with Crippen LogP contribution in [0.3, 0.4) is 0 Å². The van der Waals surface area contributed by atoms with E-state index in [9.17, 15) is 4.79 Å². The second-order valence-electron chi connectivity index (χ2n) is 4.54. The number of carbonyl (C=O) groups excluding carboxylic acids is 1. The summed E-state index contributed by atoms with van der Waals surface area (Å²) >= 11 is 0. The predicted octanol–water partition coefficient (Wildman–Crippen LogP) is 1.96. The number of rotatable bonds is 5. The lowest BCUT2D eigenvalue weighted by molar-refractivity contribution is 0.0938. The summed E-state index contributed by atoms with van der Waals surface area (Å²) in [5, 5.41) is 11.7. The molecule has 2 N–H and O–H groups in total. The molecule has 0 radical (unpaired) electrons. The molecule has 4 heteroatoms. The molecule has 1 aromatic rings. The average Bonchev–Trinajstić information content (AvgIpc) is 2.44. The third-order valence-electron chi connectivity index (χ3n) is 2.86. The van der Waals surface area contributed by atoms with Crippen LogP contribution in [0.1, 0.15) is 42.6 Å². The molecular weight excluding hydrogens is 254 g/mol. The highest BCUT2D eigenvalue weighted by molar-refractivity contribution is 5.95. The summed E-state index contributed by atoms with van der Waals surface area (Å²) in [5.41, 5.74) is 1.13. The highest BCUT2D eigenvalue weighted by atomic mass is 16.5. The van der Waals surface area contributed by atoms with Crippen molar-refractivity contribution < 1.29 is 14.6 Å². The monoisotopic (exact) mass is 275 g/mol. The summed E-state index contributed by atoms with van der Waals surface area (Å²) in [6.07, 6.45) is 1.97. The van der Waals surface area contributed by atoms with E-state index in [4.69, 9.17) is 9.84 Å². The van der Waals surface area contributed by atoms with Crippen LogP contribution >= 0.6 is 0 Å². The maximum atomic E-state index is 12.1. The number of hydrogen-bond acceptors (Lipinski definition) is 3. The highest BCUT2D eigenvalue weighted by Gasteiger charge is 2.11. The maximum absolute atomic E-state index is 12.1. The van der Waals surface area contributed by atoms with E-state index in [1.165, 1.54) is 0 Å². The Kier molecular flexibility index (Phi) is 6.61. The topological polar surface area (TPSA) is 58.6 Å². The van der Waals surface area contributed by atoms with Gasteiger partial charge in [-0.05, 0) is 31.5 Å². The minimum Gasteiger partial charge on any atom is -0.495 e. The Morgan fingerprint density at radius 2 is 2.25 bits per heavy atom. The standard InChI is InChI=1S/C16H21NO3/c1-4-6-12(2)17-16(19)14-8-9-15(20-3)13(11-14)7-5-10-18/h8-9,11-12,18H,4,6,10H2,1-3H3,(H,17,19). The third-order valence-corrected chi connectivity index (χ3v) is 2.86. The highest BCUT2D eigenvalue weighted by Crippen LogP contribution is 2.19. The zero-order valence-corrected chi connectivity index (χ0v) is 12.2. The molecule has 108 valence electrons. The van der Waals surface area contributed by atoms with Gasteiger partial charge in [0, 0.05) is 11.6 Å². The van der Waals surface area contributed by atoms with Crippen molar-refractivity contribution in [3.63, 3.8) is 0 Å². The number of ether oxygens (including phenoxy) is 1. The van der Waals surface area contributed by atoms with E-state index < -0.39 is 0 Å². The number of aliphatic hydroxyl groups is 1. The third kappa shape index (κ3) is 4.60. The number of methoxy groups -OCH3 is 1. The summed E-state index contributed by atoms with van der Waals surface area (Å²) in [4.78, 5) is 12.1. The molecular formula is C16H21NO3. The number of aliphatic hydroxyl groups excluding tert-OH is 1. The number of carbonyl (C=O) groups is 1. The second-order valence-corrected chi connectivity index (χ2v) is 4.54. The van der Waals surface area contributed by atoms with E-state index in [0.717, 1.165) is 12.8 Å². The smallest absolute Gasteiger partial charge is 0.251 e. The van der Waals surface area contributed by atoms with Crippen LogP contribution in [0.25, 0.3) is 0 Å². The van der Waals surface area contributed by atoms with Crippen LogP contribution in [-0.2, 0) is 0 Å². The SMILES string of the molecule is CCCC(C)NC(=O)c1ccc(OC)c(C#CCO)c1.